The second-order valence-corrected chi connectivity index (χ2v) is 9.62. The molecule has 2 heterocycles. The molecule has 4 rings (SSSR count). The van der Waals surface area contributed by atoms with Crippen LogP contribution >= 0.6 is 0 Å². The summed E-state index contributed by atoms with van der Waals surface area (Å²) in [6, 6.07) is 13.7. The highest BCUT2D eigenvalue weighted by Gasteiger charge is 2.25. The lowest BCUT2D eigenvalue weighted by molar-refractivity contribution is 0.102. The number of benzene rings is 2. The molecule has 1 aliphatic rings. The van der Waals surface area contributed by atoms with Gasteiger partial charge in [0.2, 0.25) is 0 Å². The molecule has 1 saturated heterocycles. The van der Waals surface area contributed by atoms with Crippen molar-refractivity contribution in [1.29, 1.82) is 0 Å². The third kappa shape index (κ3) is 4.47. The first-order valence-corrected chi connectivity index (χ1v) is 11.6. The van der Waals surface area contributed by atoms with Crippen LogP contribution in [0.3, 0.4) is 0 Å². The molecule has 1 aromatic heterocycles. The second kappa shape index (κ2) is 8.43. The van der Waals surface area contributed by atoms with Crippen molar-refractivity contribution < 1.29 is 13.2 Å². The van der Waals surface area contributed by atoms with Gasteiger partial charge in [0, 0.05) is 29.9 Å². The number of nitrogen functional groups attached to an aromatic ring is 1. The van der Waals surface area contributed by atoms with Crippen LogP contribution in [-0.4, -0.2) is 41.6 Å². The van der Waals surface area contributed by atoms with Crippen LogP contribution in [0.4, 0.5) is 11.5 Å². The summed E-state index contributed by atoms with van der Waals surface area (Å²) in [6.45, 7) is 6.50. The Morgan fingerprint density at radius 3 is 2.44 bits per heavy atom. The quantitative estimate of drug-likeness (QED) is 0.593. The molecule has 0 radical (unpaired) electrons. The number of aromatic nitrogens is 2. The molecule has 9 heteroatoms. The van der Waals surface area contributed by atoms with E-state index in [-0.39, 0.29) is 22.3 Å². The normalized spacial score (nSPS) is 13.5. The van der Waals surface area contributed by atoms with Gasteiger partial charge in [-0.05, 0) is 31.2 Å². The van der Waals surface area contributed by atoms with Gasteiger partial charge in [-0.1, -0.05) is 36.4 Å². The average Bonchev–Trinajstić information content (AvgIpc) is 2.78. The van der Waals surface area contributed by atoms with E-state index in [0.29, 0.717) is 17.9 Å². The van der Waals surface area contributed by atoms with Crippen LogP contribution in [0.25, 0.3) is 11.3 Å². The molecule has 1 fully saturated rings. The molecule has 1 amide bonds. The van der Waals surface area contributed by atoms with E-state index in [9.17, 15) is 13.2 Å². The maximum absolute atomic E-state index is 12.8. The molecular formula is C23H23N5O3S. The molecule has 0 bridgehead atoms. The van der Waals surface area contributed by atoms with E-state index < -0.39 is 15.7 Å². The summed E-state index contributed by atoms with van der Waals surface area (Å²) in [6.07, 6.45) is 2.33. The smallest absolute Gasteiger partial charge is 0.278 e. The largest absolute Gasteiger partial charge is 0.382 e. The van der Waals surface area contributed by atoms with Gasteiger partial charge in [0.25, 0.3) is 5.91 Å². The Balaban J connectivity index is 1.50. The van der Waals surface area contributed by atoms with Crippen LogP contribution in [0.2, 0.25) is 0 Å². The van der Waals surface area contributed by atoms with Gasteiger partial charge >= 0.3 is 0 Å². The number of likely N-dealkylation sites (tertiary alicyclic amines) is 1. The van der Waals surface area contributed by atoms with Crippen LogP contribution in [0.5, 0.6) is 0 Å². The molecule has 164 valence electrons. The molecule has 0 saturated carbocycles. The van der Waals surface area contributed by atoms with Crippen molar-refractivity contribution in [2.24, 2.45) is 0 Å². The minimum absolute atomic E-state index is 0.00364. The van der Waals surface area contributed by atoms with Crippen LogP contribution in [0.1, 0.15) is 22.5 Å². The van der Waals surface area contributed by atoms with Crippen molar-refractivity contribution in [3.05, 3.63) is 78.3 Å². The first kappa shape index (κ1) is 21.5. The number of sulfone groups is 1. The standard InChI is InChI=1S/C23H23N5O3S/c1-15-3-5-17(6-4-15)20-13-25-22(24)21(27-20)23(29)26-18-7-9-19(10-8-18)32(30,31)14-28-12-11-16(28)2/h3-10,13H,2,11-12,14H2,1H3,(H2,24,25)(H,26,29). The predicted molar refractivity (Wildman–Crippen MR) is 124 cm³/mol. The van der Waals surface area contributed by atoms with E-state index in [0.717, 1.165) is 23.2 Å². The van der Waals surface area contributed by atoms with Crippen LogP contribution < -0.4 is 11.1 Å². The second-order valence-electron chi connectivity index (χ2n) is 7.66. The number of carbonyl (C=O) groups excluding carboxylic acids is 1. The highest BCUT2D eigenvalue weighted by Crippen LogP contribution is 2.24. The molecule has 8 nitrogen and oxygen atoms in total. The fourth-order valence-electron chi connectivity index (χ4n) is 3.23. The topological polar surface area (TPSA) is 118 Å². The van der Waals surface area contributed by atoms with E-state index >= 15 is 0 Å². The maximum Gasteiger partial charge on any atom is 0.278 e. The fraction of sp³-hybridized carbons (Fsp3) is 0.174. The zero-order valence-electron chi connectivity index (χ0n) is 17.6. The van der Waals surface area contributed by atoms with E-state index in [2.05, 4.69) is 21.9 Å². The summed E-state index contributed by atoms with van der Waals surface area (Å²) in [7, 11) is -3.49. The van der Waals surface area contributed by atoms with Gasteiger partial charge in [-0.2, -0.15) is 0 Å². The Morgan fingerprint density at radius 2 is 1.84 bits per heavy atom. The lowest BCUT2D eigenvalue weighted by atomic mass is 10.1. The maximum atomic E-state index is 12.8. The molecule has 0 unspecified atom stereocenters. The van der Waals surface area contributed by atoms with Crippen molar-refractivity contribution in [2.75, 3.05) is 23.5 Å². The zero-order valence-corrected chi connectivity index (χ0v) is 18.4. The molecule has 0 atom stereocenters. The molecule has 32 heavy (non-hydrogen) atoms. The van der Waals surface area contributed by atoms with Crippen LogP contribution in [-0.2, 0) is 9.84 Å². The van der Waals surface area contributed by atoms with Gasteiger partial charge in [-0.3, -0.25) is 4.79 Å². The van der Waals surface area contributed by atoms with Crippen molar-refractivity contribution in [1.82, 2.24) is 14.9 Å². The Kier molecular flexibility index (Phi) is 5.67. The number of nitrogens with zero attached hydrogens (tertiary/aromatic N) is 3. The van der Waals surface area contributed by atoms with Crippen molar-refractivity contribution in [2.45, 2.75) is 18.2 Å². The van der Waals surface area contributed by atoms with E-state index in [4.69, 9.17) is 5.73 Å². The lowest BCUT2D eigenvalue weighted by Crippen LogP contribution is -2.38. The summed E-state index contributed by atoms with van der Waals surface area (Å²) in [5, 5.41) is 2.69. The minimum atomic E-state index is -3.49. The van der Waals surface area contributed by atoms with E-state index in [1.54, 1.807) is 4.90 Å². The summed E-state index contributed by atoms with van der Waals surface area (Å²) in [5.41, 5.74) is 9.57. The molecule has 3 aromatic rings. The highest BCUT2D eigenvalue weighted by molar-refractivity contribution is 7.91. The lowest BCUT2D eigenvalue weighted by Gasteiger charge is -2.35. The third-order valence-electron chi connectivity index (χ3n) is 5.28. The number of anilines is 2. The summed E-state index contributed by atoms with van der Waals surface area (Å²) < 4.78 is 25.1. The average molecular weight is 450 g/mol. The molecule has 0 aliphatic carbocycles. The minimum Gasteiger partial charge on any atom is -0.382 e. The van der Waals surface area contributed by atoms with E-state index in [1.807, 2.05) is 31.2 Å². The number of nitrogens with two attached hydrogens (primary N) is 1. The van der Waals surface area contributed by atoms with Gasteiger partial charge in [0.1, 0.15) is 5.88 Å². The number of hydrogen-bond donors (Lipinski definition) is 2. The van der Waals surface area contributed by atoms with Gasteiger partial charge in [0.15, 0.2) is 21.3 Å². The number of rotatable bonds is 6. The first-order chi connectivity index (χ1) is 15.2. The van der Waals surface area contributed by atoms with Crippen LogP contribution in [0.15, 0.2) is 71.9 Å². The van der Waals surface area contributed by atoms with Crippen molar-refractivity contribution in [3.63, 3.8) is 0 Å². The predicted octanol–water partition coefficient (Wildman–Crippen LogP) is 3.24. The Hall–Kier alpha value is -3.72. The van der Waals surface area contributed by atoms with Gasteiger partial charge < -0.3 is 16.0 Å². The monoisotopic (exact) mass is 449 g/mol. The zero-order chi connectivity index (χ0) is 22.9. The highest BCUT2D eigenvalue weighted by atomic mass is 32.2. The third-order valence-corrected chi connectivity index (χ3v) is 6.92. The van der Waals surface area contributed by atoms with Gasteiger partial charge in [-0.15, -0.1) is 0 Å². The fourth-order valence-corrected chi connectivity index (χ4v) is 4.65. The van der Waals surface area contributed by atoms with Crippen molar-refractivity contribution >= 4 is 27.2 Å². The van der Waals surface area contributed by atoms with Crippen LogP contribution in [0, 0.1) is 6.92 Å². The van der Waals surface area contributed by atoms with E-state index in [1.165, 1.54) is 30.5 Å². The Labute approximate surface area is 186 Å². The Bertz CT molecular complexity index is 1290. The first-order valence-electron chi connectivity index (χ1n) is 9.99. The molecular weight excluding hydrogens is 426 g/mol. The summed E-state index contributed by atoms with van der Waals surface area (Å²) in [5.74, 6) is -0.626. The number of carbonyl (C=O) groups is 1. The molecule has 3 N–H and O–H groups in total. The number of amides is 1. The molecule has 1 aliphatic heterocycles. The summed E-state index contributed by atoms with van der Waals surface area (Å²) in [4.78, 5) is 23.1. The van der Waals surface area contributed by atoms with Crippen molar-refractivity contribution in [3.8, 4) is 11.3 Å². The Morgan fingerprint density at radius 1 is 1.16 bits per heavy atom. The number of aryl methyl sites for hydroxylation is 1. The number of hydrogen-bond acceptors (Lipinski definition) is 7. The molecule has 2 aromatic carbocycles. The SMILES string of the molecule is C=C1CCN1CS(=O)(=O)c1ccc(NC(=O)c2nc(-c3ccc(C)cc3)cnc2N)cc1. The molecule has 0 spiro atoms. The van der Waals surface area contributed by atoms with Gasteiger partial charge in [0.05, 0.1) is 16.8 Å². The van der Waals surface area contributed by atoms with Gasteiger partial charge in [-0.25, -0.2) is 18.4 Å². The number of nitrogens with one attached hydrogen (secondary N) is 1. The summed E-state index contributed by atoms with van der Waals surface area (Å²) >= 11 is 0.